The third-order valence-electron chi connectivity index (χ3n) is 2.18. The summed E-state index contributed by atoms with van der Waals surface area (Å²) in [7, 11) is -2.48. The monoisotopic (exact) mass is 291 g/mol. The molecule has 0 amide bonds. The molecule has 100 valence electrons. The number of sulfonamides is 1. The number of benzene rings is 1. The summed E-state index contributed by atoms with van der Waals surface area (Å²) in [6, 6.07) is 6.07. The van der Waals surface area contributed by atoms with Gasteiger partial charge in [-0.2, -0.15) is 4.31 Å². The Hall–Kier alpha value is -1.11. The van der Waals surface area contributed by atoms with E-state index in [0.717, 1.165) is 4.31 Å². The largest absolute Gasteiger partial charge is 0.465 e. The second kappa shape index (κ2) is 6.17. The van der Waals surface area contributed by atoms with Gasteiger partial charge in [0.2, 0.25) is 10.0 Å². The third-order valence-corrected chi connectivity index (χ3v) is 4.49. The molecule has 18 heavy (non-hydrogen) atoms. The molecule has 0 atom stereocenters. The molecule has 0 unspecified atom stereocenters. The van der Waals surface area contributed by atoms with Gasteiger partial charge in [0.15, 0.2) is 0 Å². The highest BCUT2D eigenvalue weighted by molar-refractivity contribution is 7.89. The standard InChI is InChI=1S/C11H14ClNO4S/c1-3-17-11(14)8-13(2)18(15,16)10-7-5-4-6-9(10)12/h4-7H,3,8H2,1-2H3. The molecule has 1 aromatic rings. The zero-order valence-corrected chi connectivity index (χ0v) is 11.7. The van der Waals surface area contributed by atoms with Gasteiger partial charge in [0.05, 0.1) is 11.6 Å². The maximum Gasteiger partial charge on any atom is 0.321 e. The molecule has 0 radical (unpaired) electrons. The van der Waals surface area contributed by atoms with Gasteiger partial charge < -0.3 is 4.74 Å². The highest BCUT2D eigenvalue weighted by atomic mass is 35.5. The highest BCUT2D eigenvalue weighted by Gasteiger charge is 2.25. The van der Waals surface area contributed by atoms with Crippen molar-refractivity contribution in [3.8, 4) is 0 Å². The molecular formula is C11H14ClNO4S. The van der Waals surface area contributed by atoms with Crippen molar-refractivity contribution in [1.82, 2.24) is 4.31 Å². The number of carbonyl (C=O) groups is 1. The minimum atomic E-state index is -3.78. The fraction of sp³-hybridized carbons (Fsp3) is 0.364. The number of nitrogens with zero attached hydrogens (tertiary/aromatic N) is 1. The van der Waals surface area contributed by atoms with Crippen molar-refractivity contribution in [2.75, 3.05) is 20.2 Å². The van der Waals surface area contributed by atoms with E-state index < -0.39 is 16.0 Å². The lowest BCUT2D eigenvalue weighted by atomic mass is 10.4. The Morgan fingerprint density at radius 2 is 2.00 bits per heavy atom. The molecule has 0 aliphatic carbocycles. The van der Waals surface area contributed by atoms with Crippen LogP contribution >= 0.6 is 11.6 Å². The summed E-state index contributed by atoms with van der Waals surface area (Å²) < 4.78 is 29.9. The molecule has 0 N–H and O–H groups in total. The molecule has 0 saturated heterocycles. The minimum absolute atomic E-state index is 0.0292. The van der Waals surface area contributed by atoms with Gasteiger partial charge in [-0.25, -0.2) is 8.42 Å². The van der Waals surface area contributed by atoms with Crippen LogP contribution in [0.5, 0.6) is 0 Å². The van der Waals surface area contributed by atoms with Gasteiger partial charge in [-0.1, -0.05) is 23.7 Å². The summed E-state index contributed by atoms with van der Waals surface area (Å²) in [4.78, 5) is 11.2. The van der Waals surface area contributed by atoms with Crippen LogP contribution in [0.4, 0.5) is 0 Å². The molecule has 0 bridgehead atoms. The lowest BCUT2D eigenvalue weighted by Gasteiger charge is -2.16. The summed E-state index contributed by atoms with van der Waals surface area (Å²) in [6.45, 7) is 1.51. The van der Waals surface area contributed by atoms with E-state index in [1.54, 1.807) is 19.1 Å². The quantitative estimate of drug-likeness (QED) is 0.772. The number of hydrogen-bond donors (Lipinski definition) is 0. The second-order valence-electron chi connectivity index (χ2n) is 3.50. The normalized spacial score (nSPS) is 11.6. The van der Waals surface area contributed by atoms with Crippen LogP contribution in [0.1, 0.15) is 6.92 Å². The van der Waals surface area contributed by atoms with Crippen molar-refractivity contribution >= 4 is 27.6 Å². The first-order valence-electron chi connectivity index (χ1n) is 5.26. The Morgan fingerprint density at radius 1 is 1.39 bits per heavy atom. The zero-order valence-electron chi connectivity index (χ0n) is 10.1. The predicted octanol–water partition coefficient (Wildman–Crippen LogP) is 1.52. The molecule has 0 spiro atoms. The average Bonchev–Trinajstić information content (AvgIpc) is 2.29. The van der Waals surface area contributed by atoms with E-state index in [1.165, 1.54) is 19.2 Å². The van der Waals surface area contributed by atoms with Crippen molar-refractivity contribution in [2.24, 2.45) is 0 Å². The third kappa shape index (κ3) is 3.44. The number of ether oxygens (including phenoxy) is 1. The van der Waals surface area contributed by atoms with Crippen LogP contribution in [0.25, 0.3) is 0 Å². The van der Waals surface area contributed by atoms with Crippen molar-refractivity contribution < 1.29 is 17.9 Å². The fourth-order valence-corrected chi connectivity index (χ4v) is 2.90. The van der Waals surface area contributed by atoms with E-state index in [4.69, 9.17) is 16.3 Å². The molecule has 7 heteroatoms. The van der Waals surface area contributed by atoms with Crippen molar-refractivity contribution in [3.05, 3.63) is 29.3 Å². The number of carbonyl (C=O) groups excluding carboxylic acids is 1. The molecule has 0 heterocycles. The van der Waals surface area contributed by atoms with E-state index in [9.17, 15) is 13.2 Å². The molecule has 0 fully saturated rings. The number of halogens is 1. The van der Waals surface area contributed by atoms with Crippen LogP contribution in [-0.4, -0.2) is 38.9 Å². The van der Waals surface area contributed by atoms with Gasteiger partial charge in [-0.05, 0) is 19.1 Å². The Bertz CT molecular complexity index is 530. The van der Waals surface area contributed by atoms with Crippen LogP contribution in [0.15, 0.2) is 29.2 Å². The number of likely N-dealkylation sites (N-methyl/N-ethyl adjacent to an activating group) is 1. The molecule has 1 aromatic carbocycles. The van der Waals surface area contributed by atoms with E-state index >= 15 is 0 Å². The Morgan fingerprint density at radius 3 is 2.56 bits per heavy atom. The predicted molar refractivity (Wildman–Crippen MR) is 67.9 cm³/mol. The molecule has 0 aliphatic heterocycles. The Balaban J connectivity index is 2.94. The smallest absolute Gasteiger partial charge is 0.321 e. The van der Waals surface area contributed by atoms with Gasteiger partial charge in [-0.15, -0.1) is 0 Å². The summed E-state index contributed by atoms with van der Waals surface area (Å²) in [5.41, 5.74) is 0. The summed E-state index contributed by atoms with van der Waals surface area (Å²) >= 11 is 5.83. The fourth-order valence-electron chi connectivity index (χ4n) is 1.30. The minimum Gasteiger partial charge on any atom is -0.465 e. The van der Waals surface area contributed by atoms with Gasteiger partial charge in [0.25, 0.3) is 0 Å². The SMILES string of the molecule is CCOC(=O)CN(C)S(=O)(=O)c1ccccc1Cl. The van der Waals surface area contributed by atoms with Gasteiger partial charge >= 0.3 is 5.97 Å². The van der Waals surface area contributed by atoms with Crippen LogP contribution in [0.2, 0.25) is 5.02 Å². The van der Waals surface area contributed by atoms with E-state index in [-0.39, 0.29) is 23.1 Å². The van der Waals surface area contributed by atoms with Crippen LogP contribution in [-0.2, 0) is 19.6 Å². The van der Waals surface area contributed by atoms with Gasteiger partial charge in [0, 0.05) is 7.05 Å². The molecule has 0 saturated carbocycles. The van der Waals surface area contributed by atoms with Crippen LogP contribution in [0, 0.1) is 0 Å². The Labute approximate surface area is 111 Å². The lowest BCUT2D eigenvalue weighted by Crippen LogP contribution is -2.33. The first-order chi connectivity index (χ1) is 8.39. The van der Waals surface area contributed by atoms with Crippen molar-refractivity contribution in [1.29, 1.82) is 0 Å². The summed E-state index contributed by atoms with van der Waals surface area (Å²) in [5, 5.41) is 0.119. The van der Waals surface area contributed by atoms with Crippen molar-refractivity contribution in [2.45, 2.75) is 11.8 Å². The molecule has 5 nitrogen and oxygen atoms in total. The number of esters is 1. The van der Waals surface area contributed by atoms with Crippen LogP contribution < -0.4 is 0 Å². The molecule has 0 aromatic heterocycles. The summed E-state index contributed by atoms with van der Waals surface area (Å²) in [5.74, 6) is -0.601. The van der Waals surface area contributed by atoms with Gasteiger partial charge in [-0.3, -0.25) is 4.79 Å². The van der Waals surface area contributed by atoms with E-state index in [0.29, 0.717) is 0 Å². The lowest BCUT2D eigenvalue weighted by molar-refractivity contribution is -0.143. The highest BCUT2D eigenvalue weighted by Crippen LogP contribution is 2.23. The first kappa shape index (κ1) is 14.9. The first-order valence-corrected chi connectivity index (χ1v) is 7.08. The second-order valence-corrected chi connectivity index (χ2v) is 5.92. The number of hydrogen-bond acceptors (Lipinski definition) is 4. The molecular weight excluding hydrogens is 278 g/mol. The average molecular weight is 292 g/mol. The zero-order chi connectivity index (χ0) is 13.8. The molecule has 0 aliphatic rings. The van der Waals surface area contributed by atoms with Crippen molar-refractivity contribution in [3.63, 3.8) is 0 Å². The topological polar surface area (TPSA) is 63.7 Å². The summed E-state index contributed by atoms with van der Waals surface area (Å²) in [6.07, 6.45) is 0. The van der Waals surface area contributed by atoms with E-state index in [2.05, 4.69) is 0 Å². The van der Waals surface area contributed by atoms with E-state index in [1.807, 2.05) is 0 Å². The van der Waals surface area contributed by atoms with Crippen LogP contribution in [0.3, 0.4) is 0 Å². The maximum absolute atomic E-state index is 12.1. The Kier molecular flexibility index (Phi) is 5.13. The molecule has 1 rings (SSSR count). The van der Waals surface area contributed by atoms with Gasteiger partial charge in [0.1, 0.15) is 11.4 Å². The number of rotatable bonds is 5. The maximum atomic E-state index is 12.1.